The lowest BCUT2D eigenvalue weighted by molar-refractivity contribution is 0.0146. The monoisotopic (exact) mass is 266 g/mol. The number of hydrogen-bond donors (Lipinski definition) is 0. The first-order valence-corrected chi connectivity index (χ1v) is 5.97. The molecule has 19 heavy (non-hydrogen) atoms. The van der Waals surface area contributed by atoms with Gasteiger partial charge in [0, 0.05) is 12.1 Å². The quantitative estimate of drug-likeness (QED) is 0.839. The SMILES string of the molecule is COc1cc([C@@H]2CC[C@H](c3cc(OC)no3)O2)on1. The summed E-state index contributed by atoms with van der Waals surface area (Å²) in [6, 6.07) is 3.46. The summed E-state index contributed by atoms with van der Waals surface area (Å²) in [7, 11) is 3.08. The van der Waals surface area contributed by atoms with Crippen LogP contribution < -0.4 is 9.47 Å². The molecule has 2 aromatic rings. The molecular formula is C12H14N2O5. The molecule has 1 fully saturated rings. The van der Waals surface area contributed by atoms with Crippen molar-refractivity contribution >= 4 is 0 Å². The Morgan fingerprint density at radius 2 is 1.42 bits per heavy atom. The zero-order valence-corrected chi connectivity index (χ0v) is 10.7. The summed E-state index contributed by atoms with van der Waals surface area (Å²) < 4.78 is 26.2. The van der Waals surface area contributed by atoms with Gasteiger partial charge in [-0.05, 0) is 23.2 Å². The zero-order chi connectivity index (χ0) is 13.2. The summed E-state index contributed by atoms with van der Waals surface area (Å²) in [4.78, 5) is 0. The maximum Gasteiger partial charge on any atom is 0.254 e. The van der Waals surface area contributed by atoms with Crippen molar-refractivity contribution in [1.29, 1.82) is 0 Å². The summed E-state index contributed by atoms with van der Waals surface area (Å²) in [5.74, 6) is 2.21. The van der Waals surface area contributed by atoms with Crippen LogP contribution in [0.25, 0.3) is 0 Å². The molecular weight excluding hydrogens is 252 g/mol. The van der Waals surface area contributed by atoms with Crippen molar-refractivity contribution in [2.45, 2.75) is 25.0 Å². The third-order valence-electron chi connectivity index (χ3n) is 3.09. The highest BCUT2D eigenvalue weighted by atomic mass is 16.6. The van der Waals surface area contributed by atoms with Crippen LogP contribution in [0.1, 0.15) is 36.6 Å². The van der Waals surface area contributed by atoms with Crippen LogP contribution in [0.15, 0.2) is 21.2 Å². The normalized spacial score (nSPS) is 22.6. The van der Waals surface area contributed by atoms with E-state index in [1.54, 1.807) is 26.4 Å². The molecule has 3 heterocycles. The fraction of sp³-hybridized carbons (Fsp3) is 0.500. The molecule has 7 nitrogen and oxygen atoms in total. The maximum atomic E-state index is 5.87. The van der Waals surface area contributed by atoms with E-state index >= 15 is 0 Å². The fourth-order valence-electron chi connectivity index (χ4n) is 2.10. The third-order valence-corrected chi connectivity index (χ3v) is 3.09. The number of ether oxygens (including phenoxy) is 3. The molecule has 0 aromatic carbocycles. The topological polar surface area (TPSA) is 79.8 Å². The molecule has 0 amide bonds. The van der Waals surface area contributed by atoms with Gasteiger partial charge in [0.1, 0.15) is 12.2 Å². The van der Waals surface area contributed by atoms with E-state index in [1.165, 1.54) is 0 Å². The van der Waals surface area contributed by atoms with Crippen LogP contribution in [-0.2, 0) is 4.74 Å². The summed E-state index contributed by atoms with van der Waals surface area (Å²) in [6.07, 6.45) is 1.37. The fourth-order valence-corrected chi connectivity index (χ4v) is 2.10. The van der Waals surface area contributed by atoms with Crippen molar-refractivity contribution in [2.24, 2.45) is 0 Å². The highest BCUT2D eigenvalue weighted by Crippen LogP contribution is 2.41. The molecule has 1 aliphatic heterocycles. The Balaban J connectivity index is 1.69. The van der Waals surface area contributed by atoms with Gasteiger partial charge in [-0.25, -0.2) is 0 Å². The average molecular weight is 266 g/mol. The summed E-state index contributed by atoms with van der Waals surface area (Å²) in [5.41, 5.74) is 0. The lowest BCUT2D eigenvalue weighted by Gasteiger charge is -2.07. The van der Waals surface area contributed by atoms with E-state index in [4.69, 9.17) is 23.3 Å². The molecule has 3 rings (SSSR count). The van der Waals surface area contributed by atoms with Crippen LogP contribution in [0, 0.1) is 0 Å². The number of rotatable bonds is 4. The van der Waals surface area contributed by atoms with E-state index in [-0.39, 0.29) is 12.2 Å². The Hall–Kier alpha value is -2.02. The van der Waals surface area contributed by atoms with Gasteiger partial charge in [-0.2, -0.15) is 0 Å². The second-order valence-electron chi connectivity index (χ2n) is 4.23. The first kappa shape index (κ1) is 12.0. The molecule has 0 saturated carbocycles. The van der Waals surface area contributed by atoms with Crippen LogP contribution in [0.5, 0.6) is 11.8 Å². The average Bonchev–Trinajstić information content (AvgIpc) is 3.16. The Labute approximate surface area is 109 Å². The zero-order valence-electron chi connectivity index (χ0n) is 10.7. The minimum absolute atomic E-state index is 0.141. The molecule has 0 spiro atoms. The largest absolute Gasteiger partial charge is 0.479 e. The van der Waals surface area contributed by atoms with Crippen molar-refractivity contribution in [3.05, 3.63) is 23.7 Å². The molecule has 1 aliphatic rings. The Morgan fingerprint density at radius 3 is 1.79 bits per heavy atom. The predicted octanol–water partition coefficient (Wildman–Crippen LogP) is 2.27. The molecule has 0 unspecified atom stereocenters. The number of hydrogen-bond acceptors (Lipinski definition) is 7. The number of aromatic nitrogens is 2. The van der Waals surface area contributed by atoms with E-state index in [2.05, 4.69) is 10.3 Å². The Bertz CT molecular complexity index is 502. The third kappa shape index (κ3) is 2.28. The van der Waals surface area contributed by atoms with Gasteiger partial charge in [-0.3, -0.25) is 0 Å². The van der Waals surface area contributed by atoms with Crippen LogP contribution in [-0.4, -0.2) is 24.5 Å². The summed E-state index contributed by atoms with van der Waals surface area (Å²) in [5, 5.41) is 7.52. The lowest BCUT2D eigenvalue weighted by atomic mass is 10.1. The van der Waals surface area contributed by atoms with Crippen molar-refractivity contribution in [1.82, 2.24) is 10.3 Å². The minimum atomic E-state index is -0.141. The Morgan fingerprint density at radius 1 is 0.947 bits per heavy atom. The molecule has 0 radical (unpaired) electrons. The maximum absolute atomic E-state index is 5.87. The Kier molecular flexibility index (Phi) is 3.12. The van der Waals surface area contributed by atoms with Gasteiger partial charge in [-0.1, -0.05) is 0 Å². The van der Waals surface area contributed by atoms with Gasteiger partial charge in [0.25, 0.3) is 11.8 Å². The molecule has 1 saturated heterocycles. The van der Waals surface area contributed by atoms with Gasteiger partial charge in [0.2, 0.25) is 0 Å². The first-order chi connectivity index (χ1) is 9.30. The second kappa shape index (κ2) is 4.93. The molecule has 0 bridgehead atoms. The van der Waals surface area contributed by atoms with E-state index in [1.807, 2.05) is 0 Å². The van der Waals surface area contributed by atoms with E-state index < -0.39 is 0 Å². The van der Waals surface area contributed by atoms with Crippen LogP contribution >= 0.6 is 0 Å². The van der Waals surface area contributed by atoms with Gasteiger partial charge < -0.3 is 23.3 Å². The molecule has 102 valence electrons. The highest BCUT2D eigenvalue weighted by Gasteiger charge is 2.33. The molecule has 7 heteroatoms. The van der Waals surface area contributed by atoms with Crippen molar-refractivity contribution < 1.29 is 23.3 Å². The van der Waals surface area contributed by atoms with Crippen molar-refractivity contribution in [3.63, 3.8) is 0 Å². The van der Waals surface area contributed by atoms with Crippen LogP contribution in [0.2, 0.25) is 0 Å². The van der Waals surface area contributed by atoms with Crippen molar-refractivity contribution in [3.8, 4) is 11.8 Å². The minimum Gasteiger partial charge on any atom is -0.479 e. The standard InChI is InChI=1S/C12H14N2O5/c1-15-11-5-9(18-13-11)7-3-4-8(17-7)10-6-12(16-2)14-19-10/h5-8H,3-4H2,1-2H3/t7-,8+. The lowest BCUT2D eigenvalue weighted by Crippen LogP contribution is -1.97. The van der Waals surface area contributed by atoms with Gasteiger partial charge in [-0.15, -0.1) is 0 Å². The second-order valence-corrected chi connectivity index (χ2v) is 4.23. The van der Waals surface area contributed by atoms with Gasteiger partial charge >= 0.3 is 0 Å². The van der Waals surface area contributed by atoms with Crippen LogP contribution in [0.3, 0.4) is 0 Å². The van der Waals surface area contributed by atoms with Gasteiger partial charge in [0.15, 0.2) is 11.5 Å². The van der Waals surface area contributed by atoms with E-state index in [9.17, 15) is 0 Å². The van der Waals surface area contributed by atoms with Gasteiger partial charge in [0.05, 0.1) is 14.2 Å². The number of methoxy groups -OCH3 is 2. The smallest absolute Gasteiger partial charge is 0.254 e. The van der Waals surface area contributed by atoms with E-state index in [0.29, 0.717) is 23.3 Å². The molecule has 0 aliphatic carbocycles. The van der Waals surface area contributed by atoms with E-state index in [0.717, 1.165) is 12.8 Å². The molecule has 0 N–H and O–H groups in total. The molecule has 2 atom stereocenters. The predicted molar refractivity (Wildman–Crippen MR) is 61.9 cm³/mol. The summed E-state index contributed by atoms with van der Waals surface area (Å²) in [6.45, 7) is 0. The highest BCUT2D eigenvalue weighted by molar-refractivity contribution is 5.16. The summed E-state index contributed by atoms with van der Waals surface area (Å²) >= 11 is 0. The first-order valence-electron chi connectivity index (χ1n) is 5.97. The van der Waals surface area contributed by atoms with Crippen molar-refractivity contribution in [2.75, 3.05) is 14.2 Å². The molecule has 2 aromatic heterocycles. The number of nitrogens with zero attached hydrogens (tertiary/aromatic N) is 2. The van der Waals surface area contributed by atoms with Crippen LogP contribution in [0.4, 0.5) is 0 Å².